The topological polar surface area (TPSA) is 69.0 Å². The van der Waals surface area contributed by atoms with Crippen molar-refractivity contribution in [3.8, 4) is 5.75 Å². The summed E-state index contributed by atoms with van der Waals surface area (Å²) in [7, 11) is 3.21. The quantitative estimate of drug-likeness (QED) is 0.779. The largest absolute Gasteiger partial charge is 0.494 e. The molecule has 1 N–H and O–H groups in total. The van der Waals surface area contributed by atoms with E-state index in [2.05, 4.69) is 15.4 Å². The van der Waals surface area contributed by atoms with Crippen LogP contribution in [0.15, 0.2) is 24.3 Å². The van der Waals surface area contributed by atoms with Gasteiger partial charge in [-0.3, -0.25) is 9.48 Å². The smallest absolute Gasteiger partial charge is 0.252 e. The number of rotatable bonds is 4. The van der Waals surface area contributed by atoms with Crippen LogP contribution in [-0.4, -0.2) is 27.8 Å². The van der Waals surface area contributed by atoms with Crippen molar-refractivity contribution < 1.29 is 13.9 Å². The van der Waals surface area contributed by atoms with Crippen molar-refractivity contribution in [2.24, 2.45) is 7.05 Å². The minimum absolute atomic E-state index is 0.171. The molecule has 1 aromatic carbocycles. The van der Waals surface area contributed by atoms with E-state index in [1.165, 1.54) is 13.2 Å². The number of ether oxygens (including phenoxy) is 1. The third kappa shape index (κ3) is 3.12. The van der Waals surface area contributed by atoms with E-state index in [0.717, 1.165) is 16.8 Å². The summed E-state index contributed by atoms with van der Waals surface area (Å²) in [6, 6.07) is 6.02. The third-order valence-electron chi connectivity index (χ3n) is 4.36. The summed E-state index contributed by atoms with van der Waals surface area (Å²) in [5.74, 6) is -0.540. The average molecular weight is 356 g/mol. The van der Waals surface area contributed by atoms with Crippen LogP contribution >= 0.6 is 0 Å². The van der Waals surface area contributed by atoms with E-state index in [9.17, 15) is 9.18 Å². The van der Waals surface area contributed by atoms with Gasteiger partial charge in [-0.2, -0.15) is 5.10 Å². The molecule has 3 aromatic rings. The molecule has 1 amide bonds. The molecule has 0 aliphatic heterocycles. The Morgan fingerprint density at radius 2 is 2.04 bits per heavy atom. The molecule has 0 saturated heterocycles. The van der Waals surface area contributed by atoms with Crippen LogP contribution in [0.4, 0.5) is 4.39 Å². The highest BCUT2D eigenvalue weighted by molar-refractivity contribution is 6.06. The molecular weight excluding hydrogens is 335 g/mol. The van der Waals surface area contributed by atoms with Gasteiger partial charge in [0.1, 0.15) is 0 Å². The predicted octanol–water partition coefficient (Wildman–Crippen LogP) is 3.22. The third-order valence-corrected chi connectivity index (χ3v) is 4.36. The van der Waals surface area contributed by atoms with Crippen molar-refractivity contribution >= 4 is 16.9 Å². The minimum atomic E-state index is -0.462. The molecule has 0 spiro atoms. The summed E-state index contributed by atoms with van der Waals surface area (Å²) >= 11 is 0. The minimum Gasteiger partial charge on any atom is -0.494 e. The first-order chi connectivity index (χ1) is 12.3. The number of pyridine rings is 1. The highest BCUT2D eigenvalue weighted by atomic mass is 19.1. The fourth-order valence-electron chi connectivity index (χ4n) is 3.06. The maximum Gasteiger partial charge on any atom is 0.252 e. The lowest BCUT2D eigenvalue weighted by Crippen LogP contribution is -2.27. The molecule has 0 unspecified atom stereocenters. The summed E-state index contributed by atoms with van der Waals surface area (Å²) in [5.41, 5.74) is 3.30. The summed E-state index contributed by atoms with van der Waals surface area (Å²) in [5, 5.41) is 8.00. The molecule has 2 aromatic heterocycles. The van der Waals surface area contributed by atoms with Crippen LogP contribution < -0.4 is 10.1 Å². The lowest BCUT2D eigenvalue weighted by atomic mass is 10.1. The first-order valence-corrected chi connectivity index (χ1v) is 8.27. The van der Waals surface area contributed by atoms with Crippen molar-refractivity contribution in [1.29, 1.82) is 0 Å². The van der Waals surface area contributed by atoms with Gasteiger partial charge in [-0.05, 0) is 44.5 Å². The molecule has 0 bridgehead atoms. The molecule has 0 radical (unpaired) electrons. The maximum atomic E-state index is 13.9. The maximum absolute atomic E-state index is 13.9. The molecule has 0 aliphatic rings. The molecular formula is C19H21FN4O2. The second-order valence-corrected chi connectivity index (χ2v) is 6.31. The van der Waals surface area contributed by atoms with E-state index in [1.807, 2.05) is 13.8 Å². The average Bonchev–Trinajstić information content (AvgIpc) is 2.88. The lowest BCUT2D eigenvalue weighted by molar-refractivity contribution is 0.0941. The second-order valence-electron chi connectivity index (χ2n) is 6.31. The lowest BCUT2D eigenvalue weighted by Gasteiger charge is -2.16. The number of hydrogen-bond donors (Lipinski definition) is 1. The van der Waals surface area contributed by atoms with Crippen LogP contribution in [-0.2, 0) is 7.05 Å². The van der Waals surface area contributed by atoms with Crippen molar-refractivity contribution in [3.63, 3.8) is 0 Å². The van der Waals surface area contributed by atoms with E-state index in [0.29, 0.717) is 16.8 Å². The molecule has 0 fully saturated rings. The van der Waals surface area contributed by atoms with Gasteiger partial charge in [-0.25, -0.2) is 9.37 Å². The van der Waals surface area contributed by atoms with Crippen LogP contribution in [0.1, 0.15) is 40.3 Å². The zero-order valence-electron chi connectivity index (χ0n) is 15.4. The standard InChI is InChI=1S/C19H21FN4O2/c1-10-8-14(17-12(3)23-24(4)18(17)21-10)19(25)22-11(2)13-6-7-16(26-5)15(20)9-13/h6-9,11H,1-5H3,(H,22,25)/t11-/m1/s1. The Bertz CT molecular complexity index is 997. The number of carbonyl (C=O) groups excluding carboxylic acids is 1. The molecule has 7 heteroatoms. The summed E-state index contributed by atoms with van der Waals surface area (Å²) in [6.07, 6.45) is 0. The van der Waals surface area contributed by atoms with E-state index in [1.54, 1.807) is 36.9 Å². The van der Waals surface area contributed by atoms with E-state index >= 15 is 0 Å². The number of fused-ring (bicyclic) bond motifs is 1. The number of halogens is 1. The van der Waals surface area contributed by atoms with Crippen LogP contribution in [0, 0.1) is 19.7 Å². The van der Waals surface area contributed by atoms with Crippen molar-refractivity contribution in [2.75, 3.05) is 7.11 Å². The van der Waals surface area contributed by atoms with Gasteiger partial charge >= 0.3 is 0 Å². The molecule has 26 heavy (non-hydrogen) atoms. The Morgan fingerprint density at radius 1 is 1.31 bits per heavy atom. The van der Waals surface area contributed by atoms with Gasteiger partial charge in [0.2, 0.25) is 0 Å². The highest BCUT2D eigenvalue weighted by Gasteiger charge is 2.20. The molecule has 0 aliphatic carbocycles. The molecule has 6 nitrogen and oxygen atoms in total. The van der Waals surface area contributed by atoms with Gasteiger partial charge in [-0.1, -0.05) is 6.07 Å². The fraction of sp³-hybridized carbons (Fsp3) is 0.316. The number of aromatic nitrogens is 3. The molecule has 1 atom stereocenters. The molecule has 2 heterocycles. The van der Waals surface area contributed by atoms with Crippen molar-refractivity contribution in [3.05, 3.63) is 52.6 Å². The Hall–Kier alpha value is -2.96. The molecule has 0 saturated carbocycles. The number of benzene rings is 1. The predicted molar refractivity (Wildman–Crippen MR) is 96.8 cm³/mol. The number of nitrogens with zero attached hydrogens (tertiary/aromatic N) is 3. The zero-order valence-corrected chi connectivity index (χ0v) is 15.4. The summed E-state index contributed by atoms with van der Waals surface area (Å²) < 4.78 is 20.5. The normalized spacial score (nSPS) is 12.2. The summed E-state index contributed by atoms with van der Waals surface area (Å²) in [4.78, 5) is 17.3. The monoisotopic (exact) mass is 356 g/mol. The van der Waals surface area contributed by atoms with Gasteiger partial charge < -0.3 is 10.1 Å². The van der Waals surface area contributed by atoms with Gasteiger partial charge in [0, 0.05) is 12.7 Å². The number of amides is 1. The van der Waals surface area contributed by atoms with Crippen LogP contribution in [0.25, 0.3) is 11.0 Å². The van der Waals surface area contributed by atoms with Crippen LogP contribution in [0.2, 0.25) is 0 Å². The molecule has 3 rings (SSSR count). The highest BCUT2D eigenvalue weighted by Crippen LogP contribution is 2.24. The second kappa shape index (κ2) is 6.74. The number of hydrogen-bond acceptors (Lipinski definition) is 4. The number of carbonyl (C=O) groups is 1. The Balaban J connectivity index is 1.93. The van der Waals surface area contributed by atoms with Gasteiger partial charge in [0.25, 0.3) is 5.91 Å². The SMILES string of the molecule is COc1ccc([C@@H](C)NC(=O)c2cc(C)nc3c2c(C)nn3C)cc1F. The number of aryl methyl sites for hydroxylation is 3. The van der Waals surface area contributed by atoms with E-state index < -0.39 is 5.82 Å². The van der Waals surface area contributed by atoms with Crippen LogP contribution in [0.3, 0.4) is 0 Å². The van der Waals surface area contributed by atoms with Gasteiger partial charge in [0.05, 0.1) is 29.8 Å². The number of methoxy groups -OCH3 is 1. The van der Waals surface area contributed by atoms with Gasteiger partial charge in [0.15, 0.2) is 17.2 Å². The Morgan fingerprint density at radius 3 is 2.69 bits per heavy atom. The van der Waals surface area contributed by atoms with Gasteiger partial charge in [-0.15, -0.1) is 0 Å². The first-order valence-electron chi connectivity index (χ1n) is 8.27. The van der Waals surface area contributed by atoms with Crippen molar-refractivity contribution in [1.82, 2.24) is 20.1 Å². The van der Waals surface area contributed by atoms with Crippen molar-refractivity contribution in [2.45, 2.75) is 26.8 Å². The number of nitrogens with one attached hydrogen (secondary N) is 1. The molecule has 136 valence electrons. The Kier molecular flexibility index (Phi) is 4.63. The van der Waals surface area contributed by atoms with E-state index in [-0.39, 0.29) is 17.7 Å². The summed E-state index contributed by atoms with van der Waals surface area (Å²) in [6.45, 7) is 5.49. The Labute approximate surface area is 151 Å². The first kappa shape index (κ1) is 17.8. The van der Waals surface area contributed by atoms with Crippen LogP contribution in [0.5, 0.6) is 5.75 Å². The fourth-order valence-corrected chi connectivity index (χ4v) is 3.06. The van der Waals surface area contributed by atoms with E-state index in [4.69, 9.17) is 4.74 Å². The zero-order chi connectivity index (χ0) is 19.0.